The molecule has 0 radical (unpaired) electrons. The van der Waals surface area contributed by atoms with Crippen molar-refractivity contribution in [2.75, 3.05) is 19.5 Å². The Morgan fingerprint density at radius 1 is 1.12 bits per heavy atom. The lowest BCUT2D eigenvalue weighted by molar-refractivity contribution is -0.148. The molecule has 1 heterocycles. The van der Waals surface area contributed by atoms with Crippen LogP contribution in [-0.4, -0.2) is 26.2 Å². The topological polar surface area (TPSA) is 56.8 Å². The summed E-state index contributed by atoms with van der Waals surface area (Å²) in [5.41, 5.74) is 0.618. The van der Waals surface area contributed by atoms with E-state index in [2.05, 4.69) is 5.32 Å². The Bertz CT molecular complexity index is 822. The maximum atomic E-state index is 12.4. The Morgan fingerprint density at radius 3 is 2.42 bits per heavy atom. The first-order valence-electron chi connectivity index (χ1n) is 8.02. The Balaban J connectivity index is 1.86. The molecule has 0 aromatic heterocycles. The summed E-state index contributed by atoms with van der Waals surface area (Å²) in [6.07, 6.45) is 0.429. The minimum atomic E-state index is -0.825. The van der Waals surface area contributed by atoms with Gasteiger partial charge in [0.2, 0.25) is 0 Å². The van der Waals surface area contributed by atoms with Crippen LogP contribution in [0.4, 0.5) is 5.69 Å². The number of cyclic esters (lactones) is 1. The van der Waals surface area contributed by atoms with E-state index in [1.54, 1.807) is 38.5 Å². The van der Waals surface area contributed by atoms with Crippen molar-refractivity contribution < 1.29 is 19.0 Å². The molecule has 26 heavy (non-hydrogen) atoms. The molecule has 138 valence electrons. The van der Waals surface area contributed by atoms with Gasteiger partial charge in [-0.3, -0.25) is 0 Å². The molecule has 3 rings (SSSR count). The second-order valence-electron chi connectivity index (χ2n) is 6.28. The largest absolute Gasteiger partial charge is 0.497 e. The molecule has 0 aliphatic carbocycles. The Labute approximate surface area is 162 Å². The van der Waals surface area contributed by atoms with Crippen molar-refractivity contribution >= 4 is 34.9 Å². The number of hydrogen-bond acceptors (Lipinski definition) is 5. The maximum Gasteiger partial charge on any atom is 0.329 e. The van der Waals surface area contributed by atoms with Gasteiger partial charge in [-0.25, -0.2) is 4.79 Å². The molecular formula is C19H19Cl2NO4. The van der Waals surface area contributed by atoms with E-state index < -0.39 is 11.6 Å². The number of rotatable bonds is 5. The van der Waals surface area contributed by atoms with E-state index in [1.165, 1.54) is 0 Å². The van der Waals surface area contributed by atoms with Crippen molar-refractivity contribution in [1.82, 2.24) is 0 Å². The summed E-state index contributed by atoms with van der Waals surface area (Å²) in [4.78, 5) is 12.4. The highest BCUT2D eigenvalue weighted by molar-refractivity contribution is 6.35. The number of methoxy groups -OCH3 is 2. The third-order valence-electron chi connectivity index (χ3n) is 4.39. The van der Waals surface area contributed by atoms with Crippen molar-refractivity contribution in [2.45, 2.75) is 25.0 Å². The van der Waals surface area contributed by atoms with Crippen LogP contribution in [0.2, 0.25) is 10.0 Å². The van der Waals surface area contributed by atoms with Crippen molar-refractivity contribution in [3.05, 3.63) is 52.0 Å². The number of ether oxygens (including phenoxy) is 3. The minimum Gasteiger partial charge on any atom is -0.497 e. The summed E-state index contributed by atoms with van der Waals surface area (Å²) in [7, 11) is 3.16. The Kier molecular flexibility index (Phi) is 5.21. The zero-order chi connectivity index (χ0) is 18.9. The molecule has 2 aromatic carbocycles. The van der Waals surface area contributed by atoms with Gasteiger partial charge in [-0.1, -0.05) is 23.2 Å². The molecule has 0 amide bonds. The van der Waals surface area contributed by atoms with Crippen LogP contribution in [0.3, 0.4) is 0 Å². The number of esters is 1. The van der Waals surface area contributed by atoms with Gasteiger partial charge in [0.05, 0.1) is 14.2 Å². The van der Waals surface area contributed by atoms with Crippen molar-refractivity contribution in [1.29, 1.82) is 0 Å². The summed E-state index contributed by atoms with van der Waals surface area (Å²) in [5, 5.41) is 4.13. The third-order valence-corrected chi connectivity index (χ3v) is 4.82. The molecule has 1 fully saturated rings. The molecule has 7 heteroatoms. The van der Waals surface area contributed by atoms with E-state index in [-0.39, 0.29) is 5.97 Å². The van der Waals surface area contributed by atoms with Crippen LogP contribution < -0.4 is 14.8 Å². The second-order valence-corrected chi connectivity index (χ2v) is 7.15. The van der Waals surface area contributed by atoms with Crippen molar-refractivity contribution in [3.63, 3.8) is 0 Å². The van der Waals surface area contributed by atoms with Crippen molar-refractivity contribution in [3.8, 4) is 11.5 Å². The minimum absolute atomic E-state index is 0.346. The van der Waals surface area contributed by atoms with Gasteiger partial charge in [0.25, 0.3) is 0 Å². The first-order chi connectivity index (χ1) is 12.3. The number of carbonyl (C=O) groups is 1. The van der Waals surface area contributed by atoms with Crippen LogP contribution >= 0.6 is 23.2 Å². The molecule has 1 N–H and O–H groups in total. The van der Waals surface area contributed by atoms with E-state index in [0.717, 1.165) is 5.56 Å². The molecule has 1 saturated heterocycles. The fourth-order valence-electron chi connectivity index (χ4n) is 3.16. The zero-order valence-electron chi connectivity index (χ0n) is 14.6. The Hall–Kier alpha value is -2.11. The first-order valence-corrected chi connectivity index (χ1v) is 8.78. The number of anilines is 1. The highest BCUT2D eigenvalue weighted by Gasteiger charge is 2.46. The molecule has 1 aliphatic heterocycles. The average Bonchev–Trinajstić information content (AvgIpc) is 2.88. The van der Waals surface area contributed by atoms with Gasteiger partial charge in [-0.15, -0.1) is 0 Å². The van der Waals surface area contributed by atoms with Gasteiger partial charge >= 0.3 is 5.97 Å². The molecular weight excluding hydrogens is 377 g/mol. The monoisotopic (exact) mass is 395 g/mol. The highest BCUT2D eigenvalue weighted by Crippen LogP contribution is 2.43. The van der Waals surface area contributed by atoms with Gasteiger partial charge in [0.15, 0.2) is 0 Å². The van der Waals surface area contributed by atoms with E-state index in [4.69, 9.17) is 37.4 Å². The van der Waals surface area contributed by atoms with Gasteiger partial charge in [-0.05, 0) is 37.3 Å². The lowest BCUT2D eigenvalue weighted by Gasteiger charge is -2.25. The predicted molar refractivity (Wildman–Crippen MR) is 101 cm³/mol. The van der Waals surface area contributed by atoms with Crippen molar-refractivity contribution in [2.24, 2.45) is 0 Å². The SMILES string of the molecule is COc1ccc(C2(C)CC(Nc3cc(Cl)cc(Cl)c3)C(=O)O2)c(OC)c1. The maximum absolute atomic E-state index is 12.4. The smallest absolute Gasteiger partial charge is 0.329 e. The lowest BCUT2D eigenvalue weighted by atomic mass is 9.90. The van der Waals surface area contributed by atoms with E-state index in [0.29, 0.717) is 33.7 Å². The second kappa shape index (κ2) is 7.25. The van der Waals surface area contributed by atoms with Crippen LogP contribution in [0.1, 0.15) is 18.9 Å². The number of benzene rings is 2. The molecule has 2 aromatic rings. The third kappa shape index (κ3) is 3.69. The van der Waals surface area contributed by atoms with Gasteiger partial charge < -0.3 is 19.5 Å². The number of carbonyl (C=O) groups excluding carboxylic acids is 1. The number of nitrogens with one attached hydrogen (secondary N) is 1. The quantitative estimate of drug-likeness (QED) is 0.746. The summed E-state index contributed by atoms with van der Waals surface area (Å²) >= 11 is 12.0. The van der Waals surface area contributed by atoms with Gasteiger partial charge in [0.1, 0.15) is 23.1 Å². The first kappa shape index (κ1) is 18.7. The molecule has 0 spiro atoms. The highest BCUT2D eigenvalue weighted by atomic mass is 35.5. The van der Waals surface area contributed by atoms with Crippen LogP contribution in [0.15, 0.2) is 36.4 Å². The van der Waals surface area contributed by atoms with E-state index >= 15 is 0 Å². The fraction of sp³-hybridized carbons (Fsp3) is 0.316. The molecule has 0 bridgehead atoms. The summed E-state index contributed by atoms with van der Waals surface area (Å²) < 4.78 is 16.4. The van der Waals surface area contributed by atoms with Crippen LogP contribution in [0, 0.1) is 0 Å². The van der Waals surface area contributed by atoms with E-state index in [1.807, 2.05) is 19.1 Å². The van der Waals surface area contributed by atoms with Crippen LogP contribution in [0.25, 0.3) is 0 Å². The van der Waals surface area contributed by atoms with Gasteiger partial charge in [0, 0.05) is 33.8 Å². The fourth-order valence-corrected chi connectivity index (χ4v) is 3.68. The van der Waals surface area contributed by atoms with Gasteiger partial charge in [-0.2, -0.15) is 0 Å². The summed E-state index contributed by atoms with van der Waals surface area (Å²) in [5.74, 6) is 0.925. The number of halogens is 2. The molecule has 2 unspecified atom stereocenters. The zero-order valence-corrected chi connectivity index (χ0v) is 16.1. The molecule has 0 saturated carbocycles. The average molecular weight is 396 g/mol. The molecule has 1 aliphatic rings. The summed E-state index contributed by atoms with van der Waals surface area (Å²) in [6.45, 7) is 1.86. The Morgan fingerprint density at radius 2 is 1.81 bits per heavy atom. The van der Waals surface area contributed by atoms with Crippen LogP contribution in [-0.2, 0) is 15.1 Å². The molecule has 5 nitrogen and oxygen atoms in total. The molecule has 2 atom stereocenters. The van der Waals surface area contributed by atoms with Crippen LogP contribution in [0.5, 0.6) is 11.5 Å². The standard InChI is InChI=1S/C19H19Cl2NO4/c1-19(15-5-4-14(24-2)9-17(15)25-3)10-16(18(23)26-19)22-13-7-11(20)6-12(21)8-13/h4-9,16,22H,10H2,1-3H3. The van der Waals surface area contributed by atoms with E-state index in [9.17, 15) is 4.79 Å². The summed E-state index contributed by atoms with van der Waals surface area (Å²) in [6, 6.07) is 9.97. The number of hydrogen-bond donors (Lipinski definition) is 1. The normalized spacial score (nSPS) is 22.0. The predicted octanol–water partition coefficient (Wildman–Crippen LogP) is 4.65. The lowest BCUT2D eigenvalue weighted by Crippen LogP contribution is -2.25.